The van der Waals surface area contributed by atoms with Crippen molar-refractivity contribution in [2.45, 2.75) is 19.4 Å². The van der Waals surface area contributed by atoms with E-state index in [9.17, 15) is 10.1 Å². The van der Waals surface area contributed by atoms with Crippen LogP contribution in [0.2, 0.25) is 0 Å². The van der Waals surface area contributed by atoms with E-state index in [1.807, 2.05) is 37.3 Å². The molecule has 3 heterocycles. The summed E-state index contributed by atoms with van der Waals surface area (Å²) in [6.45, 7) is 2.11. The fraction of sp³-hybridized carbons (Fsp3) is 0.143. The Morgan fingerprint density at radius 1 is 1.29 bits per heavy atom. The minimum Gasteiger partial charge on any atom is -0.467 e. The van der Waals surface area contributed by atoms with E-state index in [0.29, 0.717) is 29.3 Å². The first-order valence-corrected chi connectivity index (χ1v) is 9.38. The highest BCUT2D eigenvalue weighted by Crippen LogP contribution is 2.40. The molecular formula is C21H16BrN3O3. The van der Waals surface area contributed by atoms with Crippen LogP contribution in [0.5, 0.6) is 5.75 Å². The van der Waals surface area contributed by atoms with Gasteiger partial charge < -0.3 is 19.5 Å². The van der Waals surface area contributed by atoms with Gasteiger partial charge in [0.1, 0.15) is 23.2 Å². The number of rotatable bonds is 3. The number of aromatic nitrogens is 1. The summed E-state index contributed by atoms with van der Waals surface area (Å²) in [6.07, 6.45) is 1.57. The fourth-order valence-corrected chi connectivity index (χ4v) is 3.69. The van der Waals surface area contributed by atoms with Gasteiger partial charge in [0.2, 0.25) is 5.88 Å². The van der Waals surface area contributed by atoms with E-state index in [0.717, 1.165) is 10.0 Å². The zero-order chi connectivity index (χ0) is 19.8. The van der Waals surface area contributed by atoms with Crippen molar-refractivity contribution in [3.63, 3.8) is 0 Å². The van der Waals surface area contributed by atoms with Crippen LogP contribution >= 0.6 is 15.9 Å². The van der Waals surface area contributed by atoms with Crippen LogP contribution in [-0.4, -0.2) is 4.57 Å². The average Bonchev–Trinajstić information content (AvgIpc) is 3.18. The van der Waals surface area contributed by atoms with Crippen molar-refractivity contribution in [3.8, 4) is 11.8 Å². The molecule has 7 heteroatoms. The van der Waals surface area contributed by atoms with E-state index in [1.165, 1.54) is 0 Å². The summed E-state index contributed by atoms with van der Waals surface area (Å²) < 4.78 is 13.6. The fourth-order valence-electron chi connectivity index (χ4n) is 3.43. The lowest BCUT2D eigenvalue weighted by molar-refractivity contribution is 0.387. The van der Waals surface area contributed by atoms with Gasteiger partial charge >= 0.3 is 0 Å². The first-order valence-electron chi connectivity index (χ1n) is 8.59. The molecule has 1 aliphatic rings. The molecule has 28 heavy (non-hydrogen) atoms. The summed E-state index contributed by atoms with van der Waals surface area (Å²) in [7, 11) is 0. The Balaban J connectivity index is 1.94. The van der Waals surface area contributed by atoms with Gasteiger partial charge in [0, 0.05) is 16.2 Å². The van der Waals surface area contributed by atoms with Crippen molar-refractivity contribution in [1.82, 2.24) is 4.57 Å². The summed E-state index contributed by atoms with van der Waals surface area (Å²) in [5, 5.41) is 9.69. The molecule has 140 valence electrons. The first-order chi connectivity index (χ1) is 13.5. The Morgan fingerprint density at radius 2 is 2.04 bits per heavy atom. The molecule has 0 amide bonds. The van der Waals surface area contributed by atoms with E-state index in [2.05, 4.69) is 22.0 Å². The molecule has 1 atom stereocenters. The Hall–Kier alpha value is -3.24. The van der Waals surface area contributed by atoms with Crippen LogP contribution in [-0.2, 0) is 6.54 Å². The number of pyridine rings is 1. The van der Waals surface area contributed by atoms with Crippen LogP contribution < -0.4 is 16.0 Å². The van der Waals surface area contributed by atoms with Gasteiger partial charge in [0.05, 0.1) is 24.3 Å². The van der Waals surface area contributed by atoms with E-state index >= 15 is 0 Å². The lowest BCUT2D eigenvalue weighted by Crippen LogP contribution is -2.33. The minimum absolute atomic E-state index is 0.0190. The monoisotopic (exact) mass is 437 g/mol. The number of nitrogens with two attached hydrogens (primary N) is 1. The summed E-state index contributed by atoms with van der Waals surface area (Å²) in [4.78, 5) is 13.4. The number of nitriles is 1. The van der Waals surface area contributed by atoms with Gasteiger partial charge in [-0.05, 0) is 36.8 Å². The van der Waals surface area contributed by atoms with Crippen LogP contribution in [0.4, 0.5) is 0 Å². The molecule has 1 unspecified atom stereocenters. The number of nitrogens with zero attached hydrogens (tertiary/aromatic N) is 2. The Morgan fingerprint density at radius 3 is 2.68 bits per heavy atom. The minimum atomic E-state index is -0.599. The third-order valence-corrected chi connectivity index (χ3v) is 5.32. The molecule has 0 saturated carbocycles. The van der Waals surface area contributed by atoms with Gasteiger partial charge in [-0.1, -0.05) is 28.1 Å². The average molecular weight is 438 g/mol. The van der Waals surface area contributed by atoms with Crippen LogP contribution in [0, 0.1) is 18.3 Å². The number of ether oxygens (including phenoxy) is 1. The zero-order valence-electron chi connectivity index (χ0n) is 15.0. The molecule has 2 N–H and O–H groups in total. The molecule has 0 aliphatic carbocycles. The van der Waals surface area contributed by atoms with Gasteiger partial charge in [0.25, 0.3) is 5.56 Å². The largest absolute Gasteiger partial charge is 0.467 e. The first kappa shape index (κ1) is 18.1. The number of hydrogen-bond acceptors (Lipinski definition) is 5. The summed E-state index contributed by atoms with van der Waals surface area (Å²) in [6, 6.07) is 14.9. The number of allylic oxidation sites excluding steroid dienone is 1. The Bertz CT molecular complexity index is 1170. The molecular weight excluding hydrogens is 422 g/mol. The van der Waals surface area contributed by atoms with Crippen LogP contribution in [0.25, 0.3) is 0 Å². The molecule has 0 spiro atoms. The van der Waals surface area contributed by atoms with Crippen molar-refractivity contribution in [3.05, 3.63) is 97.6 Å². The predicted octanol–water partition coefficient (Wildman–Crippen LogP) is 3.78. The molecule has 0 radical (unpaired) electrons. The van der Waals surface area contributed by atoms with Crippen molar-refractivity contribution >= 4 is 15.9 Å². The van der Waals surface area contributed by atoms with E-state index < -0.39 is 5.92 Å². The molecule has 0 saturated heterocycles. The van der Waals surface area contributed by atoms with E-state index in [-0.39, 0.29) is 17.0 Å². The molecule has 2 aromatic heterocycles. The van der Waals surface area contributed by atoms with Gasteiger partial charge in [-0.2, -0.15) is 5.26 Å². The smallest absolute Gasteiger partial charge is 0.259 e. The SMILES string of the molecule is Cc1cc2c(c(=O)n1Cc1ccco1)C(c1ccc(Br)cc1)C(C#N)=C(N)O2. The van der Waals surface area contributed by atoms with Crippen molar-refractivity contribution in [2.24, 2.45) is 5.73 Å². The number of hydrogen-bond donors (Lipinski definition) is 1. The van der Waals surface area contributed by atoms with E-state index in [4.69, 9.17) is 14.9 Å². The van der Waals surface area contributed by atoms with Crippen molar-refractivity contribution in [2.75, 3.05) is 0 Å². The van der Waals surface area contributed by atoms with Gasteiger partial charge in [-0.3, -0.25) is 4.79 Å². The van der Waals surface area contributed by atoms with Crippen LogP contribution in [0.1, 0.15) is 28.5 Å². The molecule has 3 aromatic rings. The number of aryl methyl sites for hydroxylation is 1. The van der Waals surface area contributed by atoms with Gasteiger partial charge in [0.15, 0.2) is 0 Å². The molecule has 1 aromatic carbocycles. The lowest BCUT2D eigenvalue weighted by Gasteiger charge is -2.27. The number of benzene rings is 1. The maximum absolute atomic E-state index is 13.4. The predicted molar refractivity (Wildman–Crippen MR) is 107 cm³/mol. The molecule has 6 nitrogen and oxygen atoms in total. The zero-order valence-corrected chi connectivity index (χ0v) is 16.6. The topological polar surface area (TPSA) is 94.2 Å². The highest BCUT2D eigenvalue weighted by molar-refractivity contribution is 9.10. The molecule has 4 rings (SSSR count). The number of fused-ring (bicyclic) bond motifs is 1. The molecule has 0 fully saturated rings. The number of furan rings is 1. The maximum Gasteiger partial charge on any atom is 0.259 e. The van der Waals surface area contributed by atoms with E-state index in [1.54, 1.807) is 23.0 Å². The second-order valence-electron chi connectivity index (χ2n) is 6.51. The van der Waals surface area contributed by atoms with Gasteiger partial charge in [-0.15, -0.1) is 0 Å². The molecule has 0 bridgehead atoms. The summed E-state index contributed by atoms with van der Waals surface area (Å²) in [5.41, 5.74) is 7.89. The third kappa shape index (κ3) is 3.02. The van der Waals surface area contributed by atoms with Gasteiger partial charge in [-0.25, -0.2) is 0 Å². The normalized spacial score (nSPS) is 15.7. The second-order valence-corrected chi connectivity index (χ2v) is 7.43. The highest BCUT2D eigenvalue weighted by atomic mass is 79.9. The van der Waals surface area contributed by atoms with Crippen molar-refractivity contribution < 1.29 is 9.15 Å². The molecule has 1 aliphatic heterocycles. The Kier molecular flexibility index (Phi) is 4.57. The number of halogens is 1. The van der Waals surface area contributed by atoms with Crippen LogP contribution in [0.3, 0.4) is 0 Å². The second kappa shape index (κ2) is 7.06. The lowest BCUT2D eigenvalue weighted by atomic mass is 9.84. The summed E-state index contributed by atoms with van der Waals surface area (Å²) >= 11 is 3.41. The maximum atomic E-state index is 13.4. The van der Waals surface area contributed by atoms with Crippen molar-refractivity contribution in [1.29, 1.82) is 5.26 Å². The highest BCUT2D eigenvalue weighted by Gasteiger charge is 2.34. The third-order valence-electron chi connectivity index (χ3n) is 4.79. The Labute approximate surface area is 169 Å². The summed E-state index contributed by atoms with van der Waals surface area (Å²) in [5.74, 6) is 0.462. The standard InChI is InChI=1S/C21H16BrN3O3/c1-12-9-17-19(21(26)25(12)11-15-3-2-8-27-15)18(16(10-23)20(24)28-17)13-4-6-14(22)7-5-13/h2-9,18H,11,24H2,1H3. The quantitative estimate of drug-likeness (QED) is 0.672. The van der Waals surface area contributed by atoms with Crippen LogP contribution in [0.15, 0.2) is 73.9 Å².